The number of hydrogen-bond donors (Lipinski definition) is 0. The molecule has 1 aliphatic heterocycles. The smallest absolute Gasteiger partial charge is 0.255 e. The van der Waals surface area contributed by atoms with Crippen LogP contribution in [0.15, 0.2) is 61.3 Å². The summed E-state index contributed by atoms with van der Waals surface area (Å²) in [6.07, 6.45) is 6.86. The molecule has 1 aliphatic rings. The highest BCUT2D eigenvalue weighted by atomic mass is 16.2. The third kappa shape index (κ3) is 3.31. The van der Waals surface area contributed by atoms with Gasteiger partial charge in [0, 0.05) is 50.5 Å². The van der Waals surface area contributed by atoms with Gasteiger partial charge in [0.2, 0.25) is 0 Å². The summed E-state index contributed by atoms with van der Waals surface area (Å²) in [6.45, 7) is 5.22. The number of benzene rings is 1. The molecule has 1 aromatic carbocycles. The molecule has 1 fully saturated rings. The number of pyridine rings is 1. The van der Waals surface area contributed by atoms with Gasteiger partial charge in [-0.3, -0.25) is 9.36 Å². The molecule has 0 unspecified atom stereocenters. The van der Waals surface area contributed by atoms with Crippen LogP contribution in [0, 0.1) is 6.92 Å². The van der Waals surface area contributed by atoms with Crippen molar-refractivity contribution in [2.24, 2.45) is 0 Å². The third-order valence-corrected chi connectivity index (χ3v) is 4.70. The molecule has 0 radical (unpaired) electrons. The molecule has 0 atom stereocenters. The van der Waals surface area contributed by atoms with Crippen molar-refractivity contribution in [1.82, 2.24) is 19.4 Å². The summed E-state index contributed by atoms with van der Waals surface area (Å²) in [5, 5.41) is 0. The van der Waals surface area contributed by atoms with Crippen LogP contribution < -0.4 is 4.90 Å². The second-order valence-electron chi connectivity index (χ2n) is 6.49. The van der Waals surface area contributed by atoms with E-state index in [0.29, 0.717) is 5.56 Å². The number of carbonyl (C=O) groups excluding carboxylic acids is 1. The molecule has 26 heavy (non-hydrogen) atoms. The van der Waals surface area contributed by atoms with Crippen LogP contribution in [-0.4, -0.2) is 51.5 Å². The Bertz CT molecular complexity index is 881. The molecule has 1 saturated heterocycles. The first-order valence-corrected chi connectivity index (χ1v) is 8.76. The Hall–Kier alpha value is -3.15. The summed E-state index contributed by atoms with van der Waals surface area (Å²) in [4.78, 5) is 25.4. The molecule has 3 heterocycles. The minimum atomic E-state index is 0.0403. The number of nitrogens with zero attached hydrogens (tertiary/aromatic N) is 5. The summed E-state index contributed by atoms with van der Waals surface area (Å²) >= 11 is 0. The van der Waals surface area contributed by atoms with Gasteiger partial charge in [0.15, 0.2) is 0 Å². The molecule has 0 spiro atoms. The van der Waals surface area contributed by atoms with Crippen molar-refractivity contribution < 1.29 is 4.79 Å². The van der Waals surface area contributed by atoms with E-state index in [4.69, 9.17) is 0 Å². The summed E-state index contributed by atoms with van der Waals surface area (Å²) in [7, 11) is 0. The third-order valence-electron chi connectivity index (χ3n) is 4.70. The lowest BCUT2D eigenvalue weighted by atomic mass is 10.1. The van der Waals surface area contributed by atoms with Crippen molar-refractivity contribution in [2.45, 2.75) is 6.92 Å². The number of piperazine rings is 1. The average molecular weight is 347 g/mol. The topological polar surface area (TPSA) is 54.3 Å². The molecule has 3 aromatic rings. The summed E-state index contributed by atoms with van der Waals surface area (Å²) in [5.74, 6) is 0.793. The number of aromatic nitrogens is 3. The number of amides is 1. The quantitative estimate of drug-likeness (QED) is 0.731. The first-order valence-electron chi connectivity index (χ1n) is 8.76. The van der Waals surface area contributed by atoms with Crippen molar-refractivity contribution in [3.05, 3.63) is 72.4 Å². The molecular formula is C20H21N5O. The van der Waals surface area contributed by atoms with E-state index >= 15 is 0 Å². The van der Waals surface area contributed by atoms with Crippen LogP contribution in [0.5, 0.6) is 0 Å². The SMILES string of the molecule is Cc1cccc(N2CCN(C(=O)c3ccc(-n4ccnc4)nc3)CC2)c1. The normalized spacial score (nSPS) is 14.5. The zero-order valence-electron chi connectivity index (χ0n) is 14.7. The van der Waals surface area contributed by atoms with Crippen LogP contribution in [-0.2, 0) is 0 Å². The number of anilines is 1. The lowest BCUT2D eigenvalue weighted by Crippen LogP contribution is -2.48. The molecule has 6 heteroatoms. The standard InChI is InChI=1S/C20H21N5O/c1-16-3-2-4-18(13-16)23-9-11-24(12-10-23)20(26)17-5-6-19(22-14-17)25-8-7-21-15-25/h2-8,13-15H,9-12H2,1H3. The van der Waals surface area contributed by atoms with Crippen LogP contribution in [0.1, 0.15) is 15.9 Å². The Morgan fingerprint density at radius 2 is 1.92 bits per heavy atom. The zero-order valence-corrected chi connectivity index (χ0v) is 14.7. The summed E-state index contributed by atoms with van der Waals surface area (Å²) < 4.78 is 1.81. The van der Waals surface area contributed by atoms with Gasteiger partial charge in [0.25, 0.3) is 5.91 Å². The van der Waals surface area contributed by atoms with Crippen molar-refractivity contribution in [3.63, 3.8) is 0 Å². The van der Waals surface area contributed by atoms with Crippen molar-refractivity contribution >= 4 is 11.6 Å². The van der Waals surface area contributed by atoms with Crippen LogP contribution in [0.3, 0.4) is 0 Å². The molecule has 1 amide bonds. The Kier molecular flexibility index (Phi) is 4.39. The molecule has 132 valence electrons. The molecule has 0 aliphatic carbocycles. The second-order valence-corrected chi connectivity index (χ2v) is 6.49. The molecule has 2 aromatic heterocycles. The average Bonchev–Trinajstić information content (AvgIpc) is 3.23. The Morgan fingerprint density at radius 3 is 2.58 bits per heavy atom. The van der Waals surface area contributed by atoms with Crippen LogP contribution in [0.25, 0.3) is 5.82 Å². The van der Waals surface area contributed by atoms with Crippen molar-refractivity contribution in [3.8, 4) is 5.82 Å². The second kappa shape index (κ2) is 7.00. The maximum absolute atomic E-state index is 12.7. The minimum absolute atomic E-state index is 0.0403. The van der Waals surface area contributed by atoms with Crippen molar-refractivity contribution in [1.29, 1.82) is 0 Å². The van der Waals surface area contributed by atoms with Crippen LogP contribution >= 0.6 is 0 Å². The summed E-state index contributed by atoms with van der Waals surface area (Å²) in [5.41, 5.74) is 3.10. The maximum Gasteiger partial charge on any atom is 0.255 e. The molecule has 0 bridgehead atoms. The van der Waals surface area contributed by atoms with Gasteiger partial charge in [0.1, 0.15) is 12.1 Å². The fourth-order valence-electron chi connectivity index (χ4n) is 3.23. The van der Waals surface area contributed by atoms with E-state index in [0.717, 1.165) is 32.0 Å². The Balaban J connectivity index is 1.40. The van der Waals surface area contributed by atoms with E-state index in [1.165, 1.54) is 11.3 Å². The highest BCUT2D eigenvalue weighted by Gasteiger charge is 2.22. The summed E-state index contributed by atoms with van der Waals surface area (Å²) in [6, 6.07) is 12.2. The molecule has 4 rings (SSSR count). The van der Waals surface area contributed by atoms with E-state index in [2.05, 4.69) is 46.1 Å². The van der Waals surface area contributed by atoms with E-state index in [-0.39, 0.29) is 5.91 Å². The predicted octanol–water partition coefficient (Wildman–Crippen LogP) is 2.54. The molecule has 6 nitrogen and oxygen atoms in total. The number of hydrogen-bond acceptors (Lipinski definition) is 4. The monoisotopic (exact) mass is 347 g/mol. The number of rotatable bonds is 3. The Morgan fingerprint density at radius 1 is 1.08 bits per heavy atom. The van der Waals surface area contributed by atoms with Gasteiger partial charge in [0.05, 0.1) is 5.56 Å². The van der Waals surface area contributed by atoms with E-state index in [9.17, 15) is 4.79 Å². The van der Waals surface area contributed by atoms with Gasteiger partial charge in [-0.1, -0.05) is 12.1 Å². The molecular weight excluding hydrogens is 326 g/mol. The zero-order chi connectivity index (χ0) is 17.9. The van der Waals surface area contributed by atoms with E-state index in [1.807, 2.05) is 27.8 Å². The predicted molar refractivity (Wildman–Crippen MR) is 101 cm³/mol. The fourth-order valence-corrected chi connectivity index (χ4v) is 3.23. The first kappa shape index (κ1) is 16.3. The highest BCUT2D eigenvalue weighted by Crippen LogP contribution is 2.18. The van der Waals surface area contributed by atoms with Gasteiger partial charge >= 0.3 is 0 Å². The van der Waals surface area contributed by atoms with Crippen LogP contribution in [0.4, 0.5) is 5.69 Å². The number of aryl methyl sites for hydroxylation is 1. The van der Waals surface area contributed by atoms with E-state index in [1.54, 1.807) is 18.7 Å². The largest absolute Gasteiger partial charge is 0.368 e. The lowest BCUT2D eigenvalue weighted by Gasteiger charge is -2.36. The fraction of sp³-hybridized carbons (Fsp3) is 0.250. The number of carbonyl (C=O) groups is 1. The number of imidazole rings is 1. The minimum Gasteiger partial charge on any atom is -0.368 e. The molecule has 0 N–H and O–H groups in total. The van der Waals surface area contributed by atoms with Gasteiger partial charge in [-0.2, -0.15) is 0 Å². The first-order chi connectivity index (χ1) is 12.7. The lowest BCUT2D eigenvalue weighted by molar-refractivity contribution is 0.0746. The van der Waals surface area contributed by atoms with Gasteiger partial charge in [-0.05, 0) is 36.8 Å². The Labute approximate surface area is 152 Å². The van der Waals surface area contributed by atoms with Gasteiger partial charge in [-0.25, -0.2) is 9.97 Å². The van der Waals surface area contributed by atoms with Crippen molar-refractivity contribution in [2.75, 3.05) is 31.1 Å². The molecule has 0 saturated carbocycles. The van der Waals surface area contributed by atoms with Crippen LogP contribution in [0.2, 0.25) is 0 Å². The van der Waals surface area contributed by atoms with Gasteiger partial charge in [-0.15, -0.1) is 0 Å². The van der Waals surface area contributed by atoms with Gasteiger partial charge < -0.3 is 9.80 Å². The van der Waals surface area contributed by atoms with E-state index < -0.39 is 0 Å². The maximum atomic E-state index is 12.7. The highest BCUT2D eigenvalue weighted by molar-refractivity contribution is 5.94.